The highest BCUT2D eigenvalue weighted by Gasteiger charge is 2.40. The third-order valence-electron chi connectivity index (χ3n) is 3.07. The van der Waals surface area contributed by atoms with E-state index >= 15 is 0 Å². The molecule has 0 aliphatic carbocycles. The highest BCUT2D eigenvalue weighted by atomic mass is 16.2. The Bertz CT molecular complexity index is 189. The summed E-state index contributed by atoms with van der Waals surface area (Å²) >= 11 is 0. The molecule has 13 heavy (non-hydrogen) atoms. The van der Waals surface area contributed by atoms with Crippen LogP contribution < -0.4 is 5.73 Å². The van der Waals surface area contributed by atoms with E-state index in [0.29, 0.717) is 6.54 Å². The number of piperidine rings is 1. The molecule has 1 amide bonds. The first-order chi connectivity index (χ1) is 6.16. The van der Waals surface area contributed by atoms with Crippen LogP contribution in [0.25, 0.3) is 0 Å². The average molecular weight is 184 g/mol. The van der Waals surface area contributed by atoms with Crippen LogP contribution in [0.15, 0.2) is 0 Å². The third-order valence-corrected chi connectivity index (χ3v) is 3.07. The lowest BCUT2D eigenvalue weighted by Crippen LogP contribution is -2.50. The van der Waals surface area contributed by atoms with Crippen molar-refractivity contribution in [1.82, 2.24) is 4.90 Å². The molecule has 0 aromatic heterocycles. The van der Waals surface area contributed by atoms with E-state index in [4.69, 9.17) is 5.73 Å². The Hall–Kier alpha value is -0.570. The second kappa shape index (κ2) is 4.09. The van der Waals surface area contributed by atoms with E-state index in [9.17, 15) is 4.79 Å². The van der Waals surface area contributed by atoms with Crippen molar-refractivity contribution in [2.24, 2.45) is 11.1 Å². The van der Waals surface area contributed by atoms with E-state index in [0.717, 1.165) is 32.2 Å². The maximum atomic E-state index is 11.9. The number of rotatable bonds is 3. The van der Waals surface area contributed by atoms with Crippen LogP contribution in [-0.4, -0.2) is 30.9 Å². The molecular formula is C10H20N2O. The van der Waals surface area contributed by atoms with E-state index in [1.807, 2.05) is 11.9 Å². The standard InChI is InChI=1S/C10H20N2O/c1-3-5-10(8-11)6-4-7-12(2)9(10)13/h3-8,11H2,1-2H3. The van der Waals surface area contributed by atoms with Crippen LogP contribution in [-0.2, 0) is 4.79 Å². The zero-order valence-corrected chi connectivity index (χ0v) is 8.68. The summed E-state index contributed by atoms with van der Waals surface area (Å²) in [5.41, 5.74) is 5.50. The quantitative estimate of drug-likeness (QED) is 0.711. The number of amides is 1. The normalized spacial score (nSPS) is 29.5. The van der Waals surface area contributed by atoms with Gasteiger partial charge >= 0.3 is 0 Å². The van der Waals surface area contributed by atoms with Gasteiger partial charge in [-0.05, 0) is 19.3 Å². The Morgan fingerprint density at radius 3 is 2.85 bits per heavy atom. The topological polar surface area (TPSA) is 46.3 Å². The first-order valence-electron chi connectivity index (χ1n) is 5.12. The molecule has 3 nitrogen and oxygen atoms in total. The number of likely N-dealkylation sites (tertiary alicyclic amines) is 1. The van der Waals surface area contributed by atoms with Gasteiger partial charge in [0.2, 0.25) is 5.91 Å². The smallest absolute Gasteiger partial charge is 0.229 e. The van der Waals surface area contributed by atoms with Crippen LogP contribution in [0, 0.1) is 5.41 Å². The Balaban J connectivity index is 2.76. The second-order valence-corrected chi connectivity index (χ2v) is 4.06. The molecule has 0 spiro atoms. The molecular weight excluding hydrogens is 164 g/mol. The van der Waals surface area contributed by atoms with Gasteiger partial charge in [0.15, 0.2) is 0 Å². The first kappa shape index (κ1) is 10.5. The minimum atomic E-state index is -0.234. The van der Waals surface area contributed by atoms with Gasteiger partial charge in [-0.25, -0.2) is 0 Å². The van der Waals surface area contributed by atoms with Gasteiger partial charge in [0.25, 0.3) is 0 Å². The summed E-state index contributed by atoms with van der Waals surface area (Å²) in [7, 11) is 1.88. The van der Waals surface area contributed by atoms with Crippen LogP contribution in [0.1, 0.15) is 32.6 Å². The summed E-state index contributed by atoms with van der Waals surface area (Å²) in [6.07, 6.45) is 4.05. The molecule has 1 atom stereocenters. The van der Waals surface area contributed by atoms with Gasteiger partial charge < -0.3 is 10.6 Å². The maximum absolute atomic E-state index is 11.9. The predicted octanol–water partition coefficient (Wildman–Crippen LogP) is 0.984. The van der Waals surface area contributed by atoms with Crippen LogP contribution in [0.4, 0.5) is 0 Å². The summed E-state index contributed by atoms with van der Waals surface area (Å²) in [4.78, 5) is 13.7. The van der Waals surface area contributed by atoms with Crippen molar-refractivity contribution < 1.29 is 4.79 Å². The van der Waals surface area contributed by atoms with E-state index in [-0.39, 0.29) is 11.3 Å². The molecule has 1 rings (SSSR count). The van der Waals surface area contributed by atoms with Gasteiger partial charge in [-0.2, -0.15) is 0 Å². The number of hydrogen-bond donors (Lipinski definition) is 1. The van der Waals surface area contributed by atoms with Crippen LogP contribution in [0.5, 0.6) is 0 Å². The molecule has 1 aliphatic heterocycles. The molecule has 2 N–H and O–H groups in total. The predicted molar refractivity (Wildman–Crippen MR) is 53.3 cm³/mol. The van der Waals surface area contributed by atoms with Crippen molar-refractivity contribution in [1.29, 1.82) is 0 Å². The fourth-order valence-electron chi connectivity index (χ4n) is 2.27. The van der Waals surface area contributed by atoms with E-state index < -0.39 is 0 Å². The van der Waals surface area contributed by atoms with Crippen molar-refractivity contribution in [3.8, 4) is 0 Å². The second-order valence-electron chi connectivity index (χ2n) is 4.06. The van der Waals surface area contributed by atoms with Crippen molar-refractivity contribution in [3.05, 3.63) is 0 Å². The third kappa shape index (κ3) is 1.85. The Labute approximate surface area is 80.3 Å². The maximum Gasteiger partial charge on any atom is 0.229 e. The number of carbonyl (C=O) groups is 1. The summed E-state index contributed by atoms with van der Waals surface area (Å²) in [5.74, 6) is 0.253. The molecule has 1 aliphatic rings. The minimum absolute atomic E-state index is 0.234. The molecule has 0 aromatic rings. The number of hydrogen-bond acceptors (Lipinski definition) is 2. The van der Waals surface area contributed by atoms with Crippen molar-refractivity contribution >= 4 is 5.91 Å². The highest BCUT2D eigenvalue weighted by molar-refractivity contribution is 5.83. The highest BCUT2D eigenvalue weighted by Crippen LogP contribution is 2.34. The van der Waals surface area contributed by atoms with Gasteiger partial charge in [0, 0.05) is 20.1 Å². The molecule has 0 aromatic carbocycles. The molecule has 0 bridgehead atoms. The summed E-state index contributed by atoms with van der Waals surface area (Å²) in [6, 6.07) is 0. The largest absolute Gasteiger partial charge is 0.345 e. The lowest BCUT2D eigenvalue weighted by Gasteiger charge is -2.39. The summed E-state index contributed by atoms with van der Waals surface area (Å²) < 4.78 is 0. The van der Waals surface area contributed by atoms with Gasteiger partial charge in [-0.1, -0.05) is 13.3 Å². The fraction of sp³-hybridized carbons (Fsp3) is 0.900. The molecule has 0 radical (unpaired) electrons. The van der Waals surface area contributed by atoms with Crippen molar-refractivity contribution in [3.63, 3.8) is 0 Å². The zero-order chi connectivity index (χ0) is 9.90. The number of carbonyl (C=O) groups excluding carboxylic acids is 1. The molecule has 76 valence electrons. The Morgan fingerprint density at radius 2 is 2.31 bits per heavy atom. The summed E-state index contributed by atoms with van der Waals surface area (Å²) in [6.45, 7) is 3.51. The van der Waals surface area contributed by atoms with Gasteiger partial charge in [-0.3, -0.25) is 4.79 Å². The van der Waals surface area contributed by atoms with Crippen LogP contribution in [0.3, 0.4) is 0 Å². The van der Waals surface area contributed by atoms with Gasteiger partial charge in [0.1, 0.15) is 0 Å². The van der Waals surface area contributed by atoms with Crippen molar-refractivity contribution in [2.45, 2.75) is 32.6 Å². The fourth-order valence-corrected chi connectivity index (χ4v) is 2.27. The monoisotopic (exact) mass is 184 g/mol. The van der Waals surface area contributed by atoms with Gasteiger partial charge in [0.05, 0.1) is 5.41 Å². The molecule has 1 saturated heterocycles. The molecule has 1 unspecified atom stereocenters. The first-order valence-corrected chi connectivity index (χ1v) is 5.12. The average Bonchev–Trinajstić information content (AvgIpc) is 2.13. The molecule has 0 saturated carbocycles. The lowest BCUT2D eigenvalue weighted by molar-refractivity contribution is -0.144. The zero-order valence-electron chi connectivity index (χ0n) is 8.68. The van der Waals surface area contributed by atoms with Crippen LogP contribution >= 0.6 is 0 Å². The molecule has 1 heterocycles. The van der Waals surface area contributed by atoms with Crippen molar-refractivity contribution in [2.75, 3.05) is 20.1 Å². The molecule has 3 heteroatoms. The van der Waals surface area contributed by atoms with Gasteiger partial charge in [-0.15, -0.1) is 0 Å². The number of nitrogens with zero attached hydrogens (tertiary/aromatic N) is 1. The van der Waals surface area contributed by atoms with E-state index in [2.05, 4.69) is 6.92 Å². The Morgan fingerprint density at radius 1 is 1.62 bits per heavy atom. The summed E-state index contributed by atoms with van der Waals surface area (Å²) in [5, 5.41) is 0. The Kier molecular flexibility index (Phi) is 3.31. The van der Waals surface area contributed by atoms with Crippen LogP contribution in [0.2, 0.25) is 0 Å². The van der Waals surface area contributed by atoms with E-state index in [1.54, 1.807) is 0 Å². The minimum Gasteiger partial charge on any atom is -0.345 e. The van der Waals surface area contributed by atoms with E-state index in [1.165, 1.54) is 0 Å². The molecule has 1 fully saturated rings. The SMILES string of the molecule is CCCC1(CN)CCCN(C)C1=O. The lowest BCUT2D eigenvalue weighted by atomic mass is 9.76. The number of nitrogens with two attached hydrogens (primary N) is 1.